The van der Waals surface area contributed by atoms with E-state index in [0.717, 1.165) is 9.87 Å². The molecule has 0 radical (unpaired) electrons. The van der Waals surface area contributed by atoms with Crippen LogP contribution in [0.1, 0.15) is 31.4 Å². The van der Waals surface area contributed by atoms with E-state index in [2.05, 4.69) is 5.32 Å². The van der Waals surface area contributed by atoms with Crippen LogP contribution in [0, 0.1) is 6.92 Å². The number of hydrogen-bond acceptors (Lipinski definition) is 4. The lowest BCUT2D eigenvalue weighted by Crippen LogP contribution is -2.51. The quantitative estimate of drug-likeness (QED) is 0.285. The molecule has 0 aliphatic rings. The van der Waals surface area contributed by atoms with E-state index in [1.807, 2.05) is 13.8 Å². The molecule has 0 aliphatic carbocycles. The molecule has 0 saturated heterocycles. The third-order valence-corrected chi connectivity index (χ3v) is 8.86. The van der Waals surface area contributed by atoms with Gasteiger partial charge in [-0.15, -0.1) is 0 Å². The van der Waals surface area contributed by atoms with Gasteiger partial charge in [-0.3, -0.25) is 13.9 Å². The molecule has 2 amide bonds. The average Bonchev–Trinajstić information content (AvgIpc) is 2.90. The van der Waals surface area contributed by atoms with Gasteiger partial charge in [0.15, 0.2) is 0 Å². The summed E-state index contributed by atoms with van der Waals surface area (Å²) >= 11 is 18.8. The molecule has 0 heterocycles. The Kier molecular flexibility index (Phi) is 10.7. The zero-order valence-electron chi connectivity index (χ0n) is 21.8. The smallest absolute Gasteiger partial charge is 0.264 e. The summed E-state index contributed by atoms with van der Waals surface area (Å²) in [7, 11) is -4.19. The van der Waals surface area contributed by atoms with Crippen molar-refractivity contribution in [1.82, 2.24) is 10.2 Å². The Labute approximate surface area is 244 Å². The molecule has 1 atom stereocenters. The van der Waals surface area contributed by atoms with Crippen LogP contribution >= 0.6 is 34.8 Å². The van der Waals surface area contributed by atoms with Gasteiger partial charge in [-0.05, 0) is 68.8 Å². The molecule has 0 unspecified atom stereocenters. The fourth-order valence-electron chi connectivity index (χ4n) is 3.81. The van der Waals surface area contributed by atoms with Gasteiger partial charge in [-0.2, -0.15) is 0 Å². The zero-order valence-corrected chi connectivity index (χ0v) is 24.9. The zero-order chi connectivity index (χ0) is 28.7. The summed E-state index contributed by atoms with van der Waals surface area (Å²) in [6.07, 6.45) is 0.712. The fourth-order valence-corrected chi connectivity index (χ4v) is 5.86. The van der Waals surface area contributed by atoms with Gasteiger partial charge in [0.25, 0.3) is 10.0 Å². The van der Waals surface area contributed by atoms with Crippen LogP contribution in [0.25, 0.3) is 0 Å². The Balaban J connectivity index is 2.05. The Morgan fingerprint density at radius 1 is 0.923 bits per heavy atom. The molecule has 0 bridgehead atoms. The van der Waals surface area contributed by atoms with Gasteiger partial charge in [0.2, 0.25) is 11.8 Å². The molecule has 0 aromatic heterocycles. The minimum Gasteiger partial charge on any atom is -0.354 e. The minimum absolute atomic E-state index is 0.0327. The summed E-state index contributed by atoms with van der Waals surface area (Å²) in [6, 6.07) is 16.5. The summed E-state index contributed by atoms with van der Waals surface area (Å²) < 4.78 is 28.6. The number of hydrogen-bond donors (Lipinski definition) is 1. The standard InChI is InChI=1S/C28H30Cl3N3O4S/c1-4-16-32-28(36)20(3)33(17-24-25(30)6-5-7-26(24)31)27(35)18-34(22-12-8-19(2)9-13-22)39(37,38)23-14-10-21(29)11-15-23/h5-15,20H,4,16-18H2,1-3H3,(H,32,36)/t20-/m0/s1. The Morgan fingerprint density at radius 3 is 2.08 bits per heavy atom. The van der Waals surface area contributed by atoms with Crippen LogP contribution in [0.2, 0.25) is 15.1 Å². The number of amides is 2. The maximum absolute atomic E-state index is 13.9. The van der Waals surface area contributed by atoms with Crippen molar-refractivity contribution in [3.05, 3.63) is 92.9 Å². The van der Waals surface area contributed by atoms with Crippen molar-refractivity contribution in [3.63, 3.8) is 0 Å². The van der Waals surface area contributed by atoms with E-state index in [0.29, 0.717) is 39.3 Å². The van der Waals surface area contributed by atoms with E-state index in [4.69, 9.17) is 34.8 Å². The van der Waals surface area contributed by atoms with E-state index in [1.54, 1.807) is 49.4 Å². The fraction of sp³-hybridized carbons (Fsp3) is 0.286. The molecule has 39 heavy (non-hydrogen) atoms. The van der Waals surface area contributed by atoms with Crippen LogP contribution < -0.4 is 9.62 Å². The van der Waals surface area contributed by atoms with Gasteiger partial charge in [-0.1, -0.05) is 65.5 Å². The third kappa shape index (κ3) is 7.66. The van der Waals surface area contributed by atoms with Gasteiger partial charge in [0, 0.05) is 33.7 Å². The molecule has 11 heteroatoms. The number of carbonyl (C=O) groups is 2. The number of nitrogens with one attached hydrogen (secondary N) is 1. The van der Waals surface area contributed by atoms with E-state index in [9.17, 15) is 18.0 Å². The lowest BCUT2D eigenvalue weighted by molar-refractivity contribution is -0.139. The summed E-state index contributed by atoms with van der Waals surface area (Å²) in [5, 5.41) is 3.82. The minimum atomic E-state index is -4.19. The molecule has 3 aromatic rings. The van der Waals surface area contributed by atoms with E-state index in [1.165, 1.54) is 29.2 Å². The molecular formula is C28H30Cl3N3O4S. The van der Waals surface area contributed by atoms with E-state index < -0.39 is 28.5 Å². The van der Waals surface area contributed by atoms with Gasteiger partial charge < -0.3 is 10.2 Å². The first-order valence-electron chi connectivity index (χ1n) is 12.3. The molecular weight excluding hydrogens is 581 g/mol. The summed E-state index contributed by atoms with van der Waals surface area (Å²) in [5.41, 5.74) is 1.67. The van der Waals surface area contributed by atoms with Gasteiger partial charge in [0.1, 0.15) is 12.6 Å². The second-order valence-electron chi connectivity index (χ2n) is 8.99. The van der Waals surface area contributed by atoms with Gasteiger partial charge in [0.05, 0.1) is 10.6 Å². The second-order valence-corrected chi connectivity index (χ2v) is 12.1. The highest BCUT2D eigenvalue weighted by Gasteiger charge is 2.33. The predicted molar refractivity (Wildman–Crippen MR) is 157 cm³/mol. The summed E-state index contributed by atoms with van der Waals surface area (Å²) in [5.74, 6) is -0.987. The van der Waals surface area contributed by atoms with Crippen LogP contribution in [0.3, 0.4) is 0 Å². The number of carbonyl (C=O) groups excluding carboxylic acids is 2. The number of benzene rings is 3. The van der Waals surface area contributed by atoms with Crippen LogP contribution in [-0.2, 0) is 26.2 Å². The Morgan fingerprint density at radius 2 is 1.51 bits per heavy atom. The monoisotopic (exact) mass is 609 g/mol. The van der Waals surface area contributed by atoms with E-state index >= 15 is 0 Å². The first-order valence-corrected chi connectivity index (χ1v) is 14.9. The first kappa shape index (κ1) is 30.8. The number of sulfonamides is 1. The molecule has 0 aliphatic heterocycles. The molecule has 208 valence electrons. The lowest BCUT2D eigenvalue weighted by atomic mass is 10.1. The summed E-state index contributed by atoms with van der Waals surface area (Å²) in [4.78, 5) is 28.1. The van der Waals surface area contributed by atoms with Crippen LogP contribution in [-0.4, -0.2) is 44.3 Å². The van der Waals surface area contributed by atoms with Crippen molar-refractivity contribution in [1.29, 1.82) is 0 Å². The Bertz CT molecular complexity index is 1390. The molecule has 3 aromatic carbocycles. The highest BCUT2D eigenvalue weighted by molar-refractivity contribution is 7.92. The number of nitrogens with zero attached hydrogens (tertiary/aromatic N) is 2. The number of anilines is 1. The molecule has 3 rings (SSSR count). The van der Waals surface area contributed by atoms with Crippen LogP contribution in [0.5, 0.6) is 0 Å². The first-order chi connectivity index (χ1) is 18.4. The Hall–Kier alpha value is -2.78. The highest BCUT2D eigenvalue weighted by Crippen LogP contribution is 2.28. The predicted octanol–water partition coefficient (Wildman–Crippen LogP) is 6.09. The number of halogens is 3. The van der Waals surface area contributed by atoms with Crippen molar-refractivity contribution in [2.75, 3.05) is 17.4 Å². The maximum atomic E-state index is 13.9. The van der Waals surface area contributed by atoms with E-state index in [-0.39, 0.29) is 17.3 Å². The largest absolute Gasteiger partial charge is 0.354 e. The van der Waals surface area contributed by atoms with Crippen LogP contribution in [0.15, 0.2) is 71.6 Å². The third-order valence-electron chi connectivity index (χ3n) is 6.11. The van der Waals surface area contributed by atoms with Crippen molar-refractivity contribution >= 4 is 62.3 Å². The topological polar surface area (TPSA) is 86.8 Å². The lowest BCUT2D eigenvalue weighted by Gasteiger charge is -2.32. The average molecular weight is 611 g/mol. The number of aryl methyl sites for hydroxylation is 1. The number of rotatable bonds is 11. The molecule has 0 saturated carbocycles. The SMILES string of the molecule is CCCNC(=O)[C@H](C)N(Cc1c(Cl)cccc1Cl)C(=O)CN(c1ccc(C)cc1)S(=O)(=O)c1ccc(Cl)cc1. The van der Waals surface area contributed by atoms with Gasteiger partial charge >= 0.3 is 0 Å². The van der Waals surface area contributed by atoms with Crippen LogP contribution in [0.4, 0.5) is 5.69 Å². The van der Waals surface area contributed by atoms with Crippen molar-refractivity contribution in [3.8, 4) is 0 Å². The molecule has 7 nitrogen and oxygen atoms in total. The summed E-state index contributed by atoms with van der Waals surface area (Å²) in [6.45, 7) is 5.13. The highest BCUT2D eigenvalue weighted by atomic mass is 35.5. The van der Waals surface area contributed by atoms with Gasteiger partial charge in [-0.25, -0.2) is 8.42 Å². The second kappa shape index (κ2) is 13.5. The normalized spacial score (nSPS) is 12.1. The molecule has 1 N–H and O–H groups in total. The maximum Gasteiger partial charge on any atom is 0.264 e. The molecule has 0 fully saturated rings. The molecule has 0 spiro atoms. The van der Waals surface area contributed by atoms with Crippen molar-refractivity contribution < 1.29 is 18.0 Å². The van der Waals surface area contributed by atoms with Crippen molar-refractivity contribution in [2.45, 2.75) is 44.7 Å². The van der Waals surface area contributed by atoms with Crippen molar-refractivity contribution in [2.24, 2.45) is 0 Å².